The summed E-state index contributed by atoms with van der Waals surface area (Å²) in [7, 11) is 0. The average Bonchev–Trinajstić information content (AvgIpc) is 2.24. The Labute approximate surface area is 116 Å². The number of carbonyl (C=O) groups excluding carboxylic acids is 1. The van der Waals surface area contributed by atoms with Crippen LogP contribution in [0.25, 0.3) is 0 Å². The largest absolute Gasteiger partial charge is 0.460 e. The van der Waals surface area contributed by atoms with Crippen molar-refractivity contribution in [3.8, 4) is 0 Å². The van der Waals surface area contributed by atoms with Crippen molar-refractivity contribution in [1.82, 2.24) is 0 Å². The molecule has 4 heteroatoms. The first-order chi connectivity index (χ1) is 8.20. The third-order valence-electron chi connectivity index (χ3n) is 2.44. The fraction of sp³-hybridized carbons (Fsp3) is 0.500. The number of aliphatic hydroxyl groups is 1. The Morgan fingerprint density at radius 3 is 2.50 bits per heavy atom. The average molecular weight is 315 g/mol. The van der Waals surface area contributed by atoms with Crippen LogP contribution in [0, 0.1) is 5.92 Å². The Bertz CT molecular complexity index is 423. The van der Waals surface area contributed by atoms with Gasteiger partial charge in [0.25, 0.3) is 0 Å². The van der Waals surface area contributed by atoms with Gasteiger partial charge in [0.1, 0.15) is 5.60 Å². The molecule has 0 bridgehead atoms. The number of halogens is 1. The van der Waals surface area contributed by atoms with Gasteiger partial charge in [-0.05, 0) is 45.4 Å². The quantitative estimate of drug-likeness (QED) is 0.869. The van der Waals surface area contributed by atoms with Crippen LogP contribution >= 0.6 is 15.9 Å². The highest BCUT2D eigenvalue weighted by molar-refractivity contribution is 9.10. The maximum atomic E-state index is 11.9. The van der Waals surface area contributed by atoms with E-state index in [0.29, 0.717) is 5.56 Å². The van der Waals surface area contributed by atoms with Crippen LogP contribution in [0.2, 0.25) is 0 Å². The van der Waals surface area contributed by atoms with Gasteiger partial charge in [-0.15, -0.1) is 0 Å². The van der Waals surface area contributed by atoms with E-state index in [0.717, 1.165) is 4.47 Å². The zero-order chi connectivity index (χ0) is 13.9. The number of hydrogen-bond donors (Lipinski definition) is 1. The molecule has 2 atom stereocenters. The van der Waals surface area contributed by atoms with E-state index in [9.17, 15) is 9.90 Å². The van der Waals surface area contributed by atoms with Gasteiger partial charge in [0.05, 0.1) is 12.0 Å². The lowest BCUT2D eigenvalue weighted by Crippen LogP contribution is -2.30. The first-order valence-corrected chi connectivity index (χ1v) is 6.66. The van der Waals surface area contributed by atoms with Crippen molar-refractivity contribution in [2.45, 2.75) is 39.4 Å². The number of benzene rings is 1. The molecule has 100 valence electrons. The molecule has 18 heavy (non-hydrogen) atoms. The molecule has 0 heterocycles. The number of hydrogen-bond acceptors (Lipinski definition) is 3. The molecule has 0 spiro atoms. The van der Waals surface area contributed by atoms with Crippen LogP contribution in [0.3, 0.4) is 0 Å². The van der Waals surface area contributed by atoms with Gasteiger partial charge in [-0.25, -0.2) is 0 Å². The molecule has 1 aromatic rings. The van der Waals surface area contributed by atoms with Gasteiger partial charge in [-0.1, -0.05) is 28.1 Å². The number of ether oxygens (including phenoxy) is 1. The number of esters is 1. The molecule has 0 fully saturated rings. The Kier molecular flexibility index (Phi) is 4.93. The van der Waals surface area contributed by atoms with Crippen LogP contribution in [0.5, 0.6) is 0 Å². The molecule has 2 unspecified atom stereocenters. The van der Waals surface area contributed by atoms with Crippen LogP contribution < -0.4 is 0 Å². The van der Waals surface area contributed by atoms with E-state index in [1.807, 2.05) is 32.9 Å². The fourth-order valence-electron chi connectivity index (χ4n) is 1.50. The molecular weight excluding hydrogens is 296 g/mol. The third-order valence-corrected chi connectivity index (χ3v) is 2.94. The molecule has 0 saturated heterocycles. The zero-order valence-electron chi connectivity index (χ0n) is 11.1. The number of carbonyl (C=O) groups is 1. The summed E-state index contributed by atoms with van der Waals surface area (Å²) >= 11 is 3.34. The lowest BCUT2D eigenvalue weighted by atomic mass is 9.97. The topological polar surface area (TPSA) is 46.5 Å². The predicted octanol–water partition coefficient (Wildman–Crippen LogP) is 3.46. The standard InChI is InChI=1S/C14H19BrO3/c1-9(13(17)18-14(2,3)4)12(16)10-6-5-7-11(15)8-10/h5-9,12,16H,1-4H3. The number of aliphatic hydroxyl groups excluding tert-OH is 1. The minimum Gasteiger partial charge on any atom is -0.460 e. The van der Waals surface area contributed by atoms with Gasteiger partial charge in [0.2, 0.25) is 0 Å². The van der Waals surface area contributed by atoms with E-state index < -0.39 is 23.6 Å². The summed E-state index contributed by atoms with van der Waals surface area (Å²) in [5.41, 5.74) is 0.158. The van der Waals surface area contributed by atoms with Crippen LogP contribution in [0.15, 0.2) is 28.7 Å². The number of rotatable bonds is 3. The Morgan fingerprint density at radius 2 is 2.00 bits per heavy atom. The van der Waals surface area contributed by atoms with Crippen molar-refractivity contribution in [3.05, 3.63) is 34.3 Å². The summed E-state index contributed by atoms with van der Waals surface area (Å²) < 4.78 is 6.13. The Morgan fingerprint density at radius 1 is 1.39 bits per heavy atom. The first kappa shape index (κ1) is 15.2. The Hall–Kier alpha value is -0.870. The van der Waals surface area contributed by atoms with Crippen LogP contribution in [0.4, 0.5) is 0 Å². The molecule has 1 rings (SSSR count). The van der Waals surface area contributed by atoms with E-state index in [1.165, 1.54) is 0 Å². The highest BCUT2D eigenvalue weighted by Gasteiger charge is 2.28. The van der Waals surface area contributed by atoms with Gasteiger partial charge in [0.15, 0.2) is 0 Å². The minimum atomic E-state index is -0.864. The van der Waals surface area contributed by atoms with Crippen molar-refractivity contribution < 1.29 is 14.6 Å². The van der Waals surface area contributed by atoms with E-state index >= 15 is 0 Å². The maximum absolute atomic E-state index is 11.9. The van der Waals surface area contributed by atoms with E-state index in [-0.39, 0.29) is 0 Å². The molecule has 0 amide bonds. The van der Waals surface area contributed by atoms with Crippen LogP contribution in [-0.4, -0.2) is 16.7 Å². The van der Waals surface area contributed by atoms with Gasteiger partial charge in [-0.3, -0.25) is 4.79 Å². The first-order valence-electron chi connectivity index (χ1n) is 5.87. The molecule has 0 aliphatic heterocycles. The highest BCUT2D eigenvalue weighted by atomic mass is 79.9. The molecule has 0 aliphatic rings. The molecule has 1 aromatic carbocycles. The van der Waals surface area contributed by atoms with Crippen molar-refractivity contribution in [2.24, 2.45) is 5.92 Å². The summed E-state index contributed by atoms with van der Waals surface area (Å²) in [6.07, 6.45) is -0.864. The predicted molar refractivity (Wildman–Crippen MR) is 74.1 cm³/mol. The normalized spacial score (nSPS) is 15.0. The molecule has 0 aromatic heterocycles. The van der Waals surface area contributed by atoms with Crippen molar-refractivity contribution in [3.63, 3.8) is 0 Å². The summed E-state index contributed by atoms with van der Waals surface area (Å²) in [5.74, 6) is -0.992. The fourth-order valence-corrected chi connectivity index (χ4v) is 1.92. The van der Waals surface area contributed by atoms with Gasteiger partial charge in [0, 0.05) is 4.47 Å². The smallest absolute Gasteiger partial charge is 0.312 e. The van der Waals surface area contributed by atoms with Crippen LogP contribution in [0.1, 0.15) is 39.4 Å². The van der Waals surface area contributed by atoms with Gasteiger partial charge in [-0.2, -0.15) is 0 Å². The van der Waals surface area contributed by atoms with Crippen molar-refractivity contribution in [2.75, 3.05) is 0 Å². The van der Waals surface area contributed by atoms with Gasteiger partial charge >= 0.3 is 5.97 Å². The monoisotopic (exact) mass is 314 g/mol. The molecule has 0 saturated carbocycles. The second-order valence-corrected chi connectivity index (χ2v) is 6.24. The summed E-state index contributed by atoms with van der Waals surface area (Å²) in [6, 6.07) is 7.28. The van der Waals surface area contributed by atoms with E-state index in [4.69, 9.17) is 4.74 Å². The maximum Gasteiger partial charge on any atom is 0.312 e. The molecule has 1 N–H and O–H groups in total. The summed E-state index contributed by atoms with van der Waals surface area (Å²) in [5, 5.41) is 10.2. The lowest BCUT2D eigenvalue weighted by molar-refractivity contribution is -0.163. The molecular formula is C14H19BrO3. The summed E-state index contributed by atoms with van der Waals surface area (Å²) in [4.78, 5) is 11.9. The van der Waals surface area contributed by atoms with E-state index in [1.54, 1.807) is 19.1 Å². The SMILES string of the molecule is CC(C(=O)OC(C)(C)C)C(O)c1cccc(Br)c1. The Balaban J connectivity index is 2.78. The third kappa shape index (κ3) is 4.42. The zero-order valence-corrected chi connectivity index (χ0v) is 12.7. The van der Waals surface area contributed by atoms with Crippen LogP contribution in [-0.2, 0) is 9.53 Å². The van der Waals surface area contributed by atoms with E-state index in [2.05, 4.69) is 15.9 Å². The molecule has 3 nitrogen and oxygen atoms in total. The lowest BCUT2D eigenvalue weighted by Gasteiger charge is -2.24. The summed E-state index contributed by atoms with van der Waals surface area (Å²) in [6.45, 7) is 7.09. The van der Waals surface area contributed by atoms with Crippen molar-refractivity contribution in [1.29, 1.82) is 0 Å². The second-order valence-electron chi connectivity index (χ2n) is 5.32. The molecule has 0 aliphatic carbocycles. The highest BCUT2D eigenvalue weighted by Crippen LogP contribution is 2.26. The second kappa shape index (κ2) is 5.85. The van der Waals surface area contributed by atoms with Crippen molar-refractivity contribution >= 4 is 21.9 Å². The molecule has 0 radical (unpaired) electrons. The van der Waals surface area contributed by atoms with Gasteiger partial charge < -0.3 is 9.84 Å². The minimum absolute atomic E-state index is 0.394.